The van der Waals surface area contributed by atoms with E-state index in [9.17, 15) is 0 Å². The van der Waals surface area contributed by atoms with Crippen molar-refractivity contribution in [2.75, 3.05) is 0 Å². The van der Waals surface area contributed by atoms with E-state index < -0.39 is 0 Å². The van der Waals surface area contributed by atoms with Crippen molar-refractivity contribution in [2.45, 2.75) is 103 Å². The van der Waals surface area contributed by atoms with E-state index >= 15 is 0 Å². The highest BCUT2D eigenvalue weighted by molar-refractivity contribution is 5.18. The van der Waals surface area contributed by atoms with Gasteiger partial charge in [-0.2, -0.15) is 0 Å². The largest absolute Gasteiger partial charge is 0.0845 e. The first kappa shape index (κ1) is 26.4. The molecule has 0 spiro atoms. The molecule has 0 heterocycles. The lowest BCUT2D eigenvalue weighted by Crippen LogP contribution is -1.83. The molecule has 0 saturated heterocycles. The minimum absolute atomic E-state index is 1.20. The number of rotatable bonds is 20. The molecule has 0 rings (SSSR count). The Hall–Kier alpha value is -1.56. The molecule has 0 N–H and O–H groups in total. The molecule has 1 radical (unpaired) electrons. The van der Waals surface area contributed by atoms with Crippen molar-refractivity contribution in [2.24, 2.45) is 0 Å². The first-order chi connectivity index (χ1) is 13.9. The second kappa shape index (κ2) is 25.4. The van der Waals surface area contributed by atoms with Crippen LogP contribution in [-0.4, -0.2) is 0 Å². The Balaban J connectivity index is 3.28. The van der Waals surface area contributed by atoms with Crippen LogP contribution in [0.3, 0.4) is 0 Å². The molecule has 0 unspecified atom stereocenters. The highest BCUT2D eigenvalue weighted by Gasteiger charge is 1.93. The SMILES string of the molecule is [CH]=C/C=C/C=C/C=C/C=C/C=C/CCCCCCCCCCCCCCCC. The third kappa shape index (κ3) is 24.4. The van der Waals surface area contributed by atoms with Crippen LogP contribution in [0.15, 0.2) is 66.8 Å². The van der Waals surface area contributed by atoms with E-state index in [1.54, 1.807) is 6.08 Å². The second-order valence-electron chi connectivity index (χ2n) is 7.55. The fourth-order valence-electron chi connectivity index (χ4n) is 3.14. The fourth-order valence-corrected chi connectivity index (χ4v) is 3.14. The normalized spacial score (nSPS) is 12.6. The van der Waals surface area contributed by atoms with E-state index in [1.807, 2.05) is 30.4 Å². The van der Waals surface area contributed by atoms with Gasteiger partial charge in [0.2, 0.25) is 0 Å². The molecule has 0 heteroatoms. The zero-order valence-electron chi connectivity index (χ0n) is 18.5. The van der Waals surface area contributed by atoms with Crippen LogP contribution < -0.4 is 0 Å². The van der Waals surface area contributed by atoms with E-state index in [0.29, 0.717) is 0 Å². The molecule has 0 saturated carbocycles. The number of unbranched alkanes of at least 4 members (excludes halogenated alkanes) is 14. The molecule has 157 valence electrons. The van der Waals surface area contributed by atoms with Gasteiger partial charge in [0.25, 0.3) is 0 Å². The van der Waals surface area contributed by atoms with Crippen LogP contribution in [0.1, 0.15) is 103 Å². The van der Waals surface area contributed by atoms with Crippen molar-refractivity contribution >= 4 is 0 Å². The molecule has 0 fully saturated rings. The zero-order chi connectivity index (χ0) is 20.4. The minimum atomic E-state index is 1.20. The molecule has 0 aliphatic rings. The molecular formula is C28H45. The molecular weight excluding hydrogens is 336 g/mol. The first-order valence-corrected chi connectivity index (χ1v) is 11.8. The van der Waals surface area contributed by atoms with Crippen LogP contribution in [0, 0.1) is 6.58 Å². The molecule has 0 aromatic carbocycles. The highest BCUT2D eigenvalue weighted by Crippen LogP contribution is 2.13. The van der Waals surface area contributed by atoms with Gasteiger partial charge in [0.1, 0.15) is 0 Å². The van der Waals surface area contributed by atoms with Gasteiger partial charge in [-0.1, -0.05) is 164 Å². The number of hydrogen-bond acceptors (Lipinski definition) is 0. The Morgan fingerprint density at radius 2 is 0.786 bits per heavy atom. The second-order valence-corrected chi connectivity index (χ2v) is 7.55. The van der Waals surface area contributed by atoms with E-state index in [0.717, 1.165) is 0 Å². The number of hydrogen-bond donors (Lipinski definition) is 0. The fraction of sp³-hybridized carbons (Fsp3) is 0.571. The maximum absolute atomic E-state index is 5.24. The summed E-state index contributed by atoms with van der Waals surface area (Å²) in [5, 5.41) is 0. The van der Waals surface area contributed by atoms with E-state index in [-0.39, 0.29) is 0 Å². The topological polar surface area (TPSA) is 0 Å². The van der Waals surface area contributed by atoms with Gasteiger partial charge in [-0.05, 0) is 12.8 Å². The molecule has 0 aliphatic heterocycles. The molecule has 0 aliphatic carbocycles. The monoisotopic (exact) mass is 381 g/mol. The smallest absolute Gasteiger partial charge is 0.0348 e. The summed E-state index contributed by atoms with van der Waals surface area (Å²) in [6.07, 6.45) is 43.0. The van der Waals surface area contributed by atoms with Gasteiger partial charge in [-0.15, -0.1) is 0 Å². The Morgan fingerprint density at radius 1 is 0.429 bits per heavy atom. The van der Waals surface area contributed by atoms with Gasteiger partial charge < -0.3 is 0 Å². The van der Waals surface area contributed by atoms with E-state index in [4.69, 9.17) is 6.58 Å². The lowest BCUT2D eigenvalue weighted by molar-refractivity contribution is 0.536. The maximum atomic E-state index is 5.24. The van der Waals surface area contributed by atoms with Crippen molar-refractivity contribution < 1.29 is 0 Å². The van der Waals surface area contributed by atoms with Crippen LogP contribution >= 0.6 is 0 Å². The lowest BCUT2D eigenvalue weighted by atomic mass is 10.0. The Morgan fingerprint density at radius 3 is 1.21 bits per heavy atom. The molecule has 0 nitrogen and oxygen atoms in total. The van der Waals surface area contributed by atoms with Crippen LogP contribution in [-0.2, 0) is 0 Å². The van der Waals surface area contributed by atoms with Gasteiger partial charge >= 0.3 is 0 Å². The average Bonchev–Trinajstić information content (AvgIpc) is 2.71. The summed E-state index contributed by atoms with van der Waals surface area (Å²) < 4.78 is 0. The summed E-state index contributed by atoms with van der Waals surface area (Å²) in [6, 6.07) is 0. The molecule has 0 aromatic rings. The maximum Gasteiger partial charge on any atom is -0.0348 e. The average molecular weight is 382 g/mol. The lowest BCUT2D eigenvalue weighted by Gasteiger charge is -2.02. The summed E-state index contributed by atoms with van der Waals surface area (Å²) in [5.74, 6) is 0. The van der Waals surface area contributed by atoms with Gasteiger partial charge in [0, 0.05) is 0 Å². The van der Waals surface area contributed by atoms with Crippen molar-refractivity contribution in [1.82, 2.24) is 0 Å². The van der Waals surface area contributed by atoms with Crippen molar-refractivity contribution in [3.8, 4) is 0 Å². The van der Waals surface area contributed by atoms with Gasteiger partial charge in [0.05, 0.1) is 0 Å². The minimum Gasteiger partial charge on any atom is -0.0845 e. The summed E-state index contributed by atoms with van der Waals surface area (Å²) in [4.78, 5) is 0. The first-order valence-electron chi connectivity index (χ1n) is 11.8. The van der Waals surface area contributed by atoms with Crippen LogP contribution in [0.25, 0.3) is 0 Å². The Labute approximate surface area is 176 Å². The van der Waals surface area contributed by atoms with E-state index in [1.165, 1.54) is 102 Å². The van der Waals surface area contributed by atoms with Crippen LogP contribution in [0.5, 0.6) is 0 Å². The van der Waals surface area contributed by atoms with Crippen LogP contribution in [0.4, 0.5) is 0 Å². The predicted molar refractivity (Wildman–Crippen MR) is 129 cm³/mol. The predicted octanol–water partition coefficient (Wildman–Crippen LogP) is 9.63. The molecule has 0 aromatic heterocycles. The highest BCUT2D eigenvalue weighted by atomic mass is 14.0. The molecule has 0 bridgehead atoms. The molecule has 28 heavy (non-hydrogen) atoms. The standard InChI is InChI=1S/C28H45/c1-3-5-7-9-11-13-15-17-19-21-23-25-27-28-26-24-22-20-18-16-14-12-10-8-6-4-2/h1,3,5,7,9,11,13,15,17,19,21,23H,4,6,8,10,12,14,16,18,20,22,24-28H2,2H3/b3-1?,7-5+,11-9+,15-13+,19-17+,23-21+. The third-order valence-corrected chi connectivity index (χ3v) is 4.86. The van der Waals surface area contributed by atoms with Crippen molar-refractivity contribution in [3.63, 3.8) is 0 Å². The zero-order valence-corrected chi connectivity index (χ0v) is 18.5. The van der Waals surface area contributed by atoms with Gasteiger partial charge in [-0.25, -0.2) is 0 Å². The number of allylic oxidation sites excluding steroid dienone is 11. The Bertz CT molecular complexity index is 445. The molecule has 0 atom stereocenters. The van der Waals surface area contributed by atoms with Crippen molar-refractivity contribution in [3.05, 3.63) is 73.4 Å². The summed E-state index contributed by atoms with van der Waals surface area (Å²) in [7, 11) is 0. The summed E-state index contributed by atoms with van der Waals surface area (Å²) in [5.41, 5.74) is 0. The molecule has 0 amide bonds. The third-order valence-electron chi connectivity index (χ3n) is 4.86. The van der Waals surface area contributed by atoms with Gasteiger partial charge in [0.15, 0.2) is 0 Å². The summed E-state index contributed by atoms with van der Waals surface area (Å²) in [6.45, 7) is 7.53. The Kier molecular flexibility index (Phi) is 24.0. The quantitative estimate of drug-likeness (QED) is 0.145. The van der Waals surface area contributed by atoms with E-state index in [2.05, 4.69) is 31.2 Å². The van der Waals surface area contributed by atoms with Crippen LogP contribution in [0.2, 0.25) is 0 Å². The van der Waals surface area contributed by atoms with Gasteiger partial charge in [-0.3, -0.25) is 0 Å². The van der Waals surface area contributed by atoms with Crippen molar-refractivity contribution in [1.29, 1.82) is 0 Å². The summed E-state index contributed by atoms with van der Waals surface area (Å²) >= 11 is 0.